The van der Waals surface area contributed by atoms with Crippen LogP contribution in [-0.2, 0) is 17.3 Å². The molecule has 3 rings (SSSR count). The average molecular weight is 404 g/mol. The van der Waals surface area contributed by atoms with Crippen LogP contribution < -0.4 is 0 Å². The second-order valence-electron chi connectivity index (χ2n) is 10.4. The molecule has 162 valence electrons. The van der Waals surface area contributed by atoms with Crippen molar-refractivity contribution in [3.63, 3.8) is 0 Å². The molecule has 1 aliphatic rings. The van der Waals surface area contributed by atoms with Gasteiger partial charge in [-0.2, -0.15) is 0 Å². The van der Waals surface area contributed by atoms with Gasteiger partial charge in [-0.05, 0) is 89.1 Å². The van der Waals surface area contributed by atoms with Crippen molar-refractivity contribution in [1.82, 2.24) is 4.90 Å². The normalized spacial score (nSPS) is 17.1. The van der Waals surface area contributed by atoms with Crippen molar-refractivity contribution in [2.24, 2.45) is 0 Å². The average Bonchev–Trinajstić information content (AvgIpc) is 2.72. The highest BCUT2D eigenvalue weighted by Crippen LogP contribution is 2.47. The van der Waals surface area contributed by atoms with Crippen LogP contribution in [-0.4, -0.2) is 24.5 Å². The first-order valence-electron chi connectivity index (χ1n) is 11.8. The van der Waals surface area contributed by atoms with Crippen LogP contribution in [0.5, 0.6) is 0 Å². The molecule has 0 radical (unpaired) electrons. The third-order valence-electron chi connectivity index (χ3n) is 7.44. The van der Waals surface area contributed by atoms with E-state index in [0.717, 1.165) is 31.6 Å². The molecule has 0 aromatic heterocycles. The van der Waals surface area contributed by atoms with Crippen molar-refractivity contribution in [1.29, 1.82) is 0 Å². The van der Waals surface area contributed by atoms with Gasteiger partial charge in [0.1, 0.15) is 0 Å². The van der Waals surface area contributed by atoms with E-state index in [1.807, 2.05) is 0 Å². The molecule has 1 aliphatic carbocycles. The number of hydrogen-bond acceptors (Lipinski definition) is 1. The molecular weight excluding hydrogens is 362 g/mol. The molecule has 30 heavy (non-hydrogen) atoms. The number of rotatable bonds is 7. The second-order valence-corrected chi connectivity index (χ2v) is 10.4. The van der Waals surface area contributed by atoms with E-state index in [1.165, 1.54) is 46.2 Å². The summed E-state index contributed by atoms with van der Waals surface area (Å²) >= 11 is 0. The van der Waals surface area contributed by atoms with Gasteiger partial charge in [0, 0.05) is 6.54 Å². The van der Waals surface area contributed by atoms with Crippen LogP contribution in [0, 0.1) is 6.92 Å². The van der Waals surface area contributed by atoms with Crippen molar-refractivity contribution in [3.05, 3.63) is 76.4 Å². The first-order valence-corrected chi connectivity index (χ1v) is 11.8. The largest absolute Gasteiger partial charge is 0.304 e. The summed E-state index contributed by atoms with van der Waals surface area (Å²) in [5, 5.41) is 0. The van der Waals surface area contributed by atoms with E-state index in [2.05, 4.69) is 96.3 Å². The van der Waals surface area contributed by atoms with Crippen LogP contribution in [0.2, 0.25) is 0 Å². The van der Waals surface area contributed by atoms with Crippen molar-refractivity contribution in [3.8, 4) is 0 Å². The summed E-state index contributed by atoms with van der Waals surface area (Å²) < 4.78 is 0. The van der Waals surface area contributed by atoms with Gasteiger partial charge < -0.3 is 4.90 Å². The summed E-state index contributed by atoms with van der Waals surface area (Å²) in [7, 11) is 0. The van der Waals surface area contributed by atoms with Gasteiger partial charge in [0.25, 0.3) is 0 Å². The summed E-state index contributed by atoms with van der Waals surface area (Å²) in [5.41, 5.74) is 9.94. The Morgan fingerprint density at radius 1 is 0.900 bits per heavy atom. The first kappa shape index (κ1) is 22.8. The lowest BCUT2D eigenvalue weighted by molar-refractivity contribution is 0.308. The van der Waals surface area contributed by atoms with E-state index in [1.54, 1.807) is 0 Å². The summed E-state index contributed by atoms with van der Waals surface area (Å²) in [6, 6.07) is 14.0. The van der Waals surface area contributed by atoms with E-state index in [0.29, 0.717) is 0 Å². The van der Waals surface area contributed by atoms with Crippen LogP contribution in [0.15, 0.2) is 43.0 Å². The molecule has 0 spiro atoms. The predicted octanol–water partition coefficient (Wildman–Crippen LogP) is 7.29. The molecule has 0 N–H and O–H groups in total. The number of nitrogens with zero attached hydrogens (tertiary/aromatic N) is 1. The Balaban J connectivity index is 1.87. The van der Waals surface area contributed by atoms with Crippen molar-refractivity contribution in [2.45, 2.75) is 78.6 Å². The lowest BCUT2D eigenvalue weighted by Crippen LogP contribution is -2.34. The molecule has 0 amide bonds. The molecular formula is C29H41N. The molecule has 0 saturated heterocycles. The molecule has 1 nitrogen and oxygen atoms in total. The number of fused-ring (bicyclic) bond motifs is 1. The van der Waals surface area contributed by atoms with Crippen LogP contribution in [0.25, 0.3) is 5.57 Å². The van der Waals surface area contributed by atoms with Crippen molar-refractivity contribution in [2.75, 3.05) is 19.6 Å². The van der Waals surface area contributed by atoms with Gasteiger partial charge in [0.15, 0.2) is 0 Å². The number of aryl methyl sites for hydroxylation is 1. The van der Waals surface area contributed by atoms with Crippen molar-refractivity contribution >= 4 is 5.57 Å². The summed E-state index contributed by atoms with van der Waals surface area (Å²) in [5.74, 6) is 0. The van der Waals surface area contributed by atoms with Gasteiger partial charge in [0.05, 0.1) is 0 Å². The minimum absolute atomic E-state index is 0.224. The van der Waals surface area contributed by atoms with Crippen LogP contribution in [0.3, 0.4) is 0 Å². The summed E-state index contributed by atoms with van der Waals surface area (Å²) in [4.78, 5) is 2.48. The van der Waals surface area contributed by atoms with E-state index < -0.39 is 0 Å². The maximum absolute atomic E-state index is 4.51. The van der Waals surface area contributed by atoms with Gasteiger partial charge in [-0.1, -0.05) is 84.5 Å². The molecule has 0 bridgehead atoms. The quantitative estimate of drug-likeness (QED) is 0.469. The predicted molar refractivity (Wildman–Crippen MR) is 133 cm³/mol. The Bertz CT molecular complexity index is 895. The molecule has 2 aromatic rings. The Hall–Kier alpha value is -1.86. The number of likely N-dealkylation sites (N-methyl/N-ethyl adjacent to an activating group) is 1. The lowest BCUT2D eigenvalue weighted by atomic mass is 9.62. The Kier molecular flexibility index (Phi) is 6.63. The topological polar surface area (TPSA) is 3.24 Å². The fraction of sp³-hybridized carbons (Fsp3) is 0.517. The van der Waals surface area contributed by atoms with E-state index in [9.17, 15) is 0 Å². The summed E-state index contributed by atoms with van der Waals surface area (Å²) in [6.07, 6.45) is 3.60. The smallest absolute Gasteiger partial charge is 0.00216 e. The zero-order valence-electron chi connectivity index (χ0n) is 20.4. The molecule has 0 unspecified atom stereocenters. The fourth-order valence-corrected chi connectivity index (χ4v) is 4.90. The zero-order valence-corrected chi connectivity index (χ0v) is 20.4. The molecule has 0 heterocycles. The Morgan fingerprint density at radius 2 is 1.43 bits per heavy atom. The highest BCUT2D eigenvalue weighted by molar-refractivity contribution is 5.80. The first-order chi connectivity index (χ1) is 14.1. The zero-order chi connectivity index (χ0) is 22.1. The SMILES string of the molecule is C=C(c1ccc(CCN(CC)CC)cc1)c1cc2c(cc1C)C(C)(C)CCC2(C)C. The highest BCUT2D eigenvalue weighted by atomic mass is 15.1. The maximum atomic E-state index is 4.51. The molecule has 1 heteroatoms. The number of hydrogen-bond donors (Lipinski definition) is 0. The van der Waals surface area contributed by atoms with Crippen LogP contribution in [0.1, 0.15) is 87.8 Å². The fourth-order valence-electron chi connectivity index (χ4n) is 4.90. The molecule has 0 saturated carbocycles. The van der Waals surface area contributed by atoms with E-state index >= 15 is 0 Å². The van der Waals surface area contributed by atoms with Gasteiger partial charge in [-0.25, -0.2) is 0 Å². The van der Waals surface area contributed by atoms with Crippen LogP contribution in [0.4, 0.5) is 0 Å². The molecule has 0 aliphatic heterocycles. The van der Waals surface area contributed by atoms with Crippen molar-refractivity contribution < 1.29 is 0 Å². The standard InChI is InChI=1S/C29H41N/c1-9-30(10-2)18-15-23-11-13-24(14-12-23)22(4)25-20-27-26(19-21(25)3)28(5,6)16-17-29(27,7)8/h11-14,19-20H,4,9-10,15-18H2,1-3,5-8H3. The van der Waals surface area contributed by atoms with Gasteiger partial charge in [0.2, 0.25) is 0 Å². The van der Waals surface area contributed by atoms with E-state index in [4.69, 9.17) is 0 Å². The monoisotopic (exact) mass is 403 g/mol. The van der Waals surface area contributed by atoms with Gasteiger partial charge in [-0.15, -0.1) is 0 Å². The van der Waals surface area contributed by atoms with E-state index in [-0.39, 0.29) is 10.8 Å². The summed E-state index contributed by atoms with van der Waals surface area (Å²) in [6.45, 7) is 24.2. The third-order valence-corrected chi connectivity index (χ3v) is 7.44. The van der Waals surface area contributed by atoms with Gasteiger partial charge >= 0.3 is 0 Å². The molecule has 0 fully saturated rings. The highest BCUT2D eigenvalue weighted by Gasteiger charge is 2.37. The second kappa shape index (κ2) is 8.71. The maximum Gasteiger partial charge on any atom is 0.00216 e. The van der Waals surface area contributed by atoms with Gasteiger partial charge in [-0.3, -0.25) is 0 Å². The minimum Gasteiger partial charge on any atom is -0.304 e. The number of benzene rings is 2. The Labute approximate surface area is 185 Å². The third kappa shape index (κ3) is 4.57. The molecule has 2 aromatic carbocycles. The molecule has 0 atom stereocenters. The Morgan fingerprint density at radius 3 is 1.97 bits per heavy atom. The lowest BCUT2D eigenvalue weighted by Gasteiger charge is -2.42. The minimum atomic E-state index is 0.224. The van der Waals surface area contributed by atoms with Crippen LogP contribution >= 0.6 is 0 Å².